The number of aryl methyl sites for hydroxylation is 1. The highest BCUT2D eigenvalue weighted by Gasteiger charge is 2.37. The van der Waals surface area contributed by atoms with Crippen molar-refractivity contribution in [2.75, 3.05) is 13.1 Å². The number of benzene rings is 1. The number of halogens is 1. The summed E-state index contributed by atoms with van der Waals surface area (Å²) in [7, 11) is 0. The second kappa shape index (κ2) is 5.87. The van der Waals surface area contributed by atoms with Crippen molar-refractivity contribution in [2.24, 2.45) is 5.41 Å². The van der Waals surface area contributed by atoms with Crippen LogP contribution < -0.4 is 5.32 Å². The Balaban J connectivity index is 2.00. The molecule has 1 N–H and O–H groups in total. The summed E-state index contributed by atoms with van der Waals surface area (Å²) < 4.78 is 1.12. The fourth-order valence-electron chi connectivity index (χ4n) is 2.96. The van der Waals surface area contributed by atoms with E-state index in [1.165, 1.54) is 17.5 Å². The first-order chi connectivity index (χ1) is 9.38. The van der Waals surface area contributed by atoms with Crippen molar-refractivity contribution in [3.8, 4) is 6.07 Å². The average Bonchev–Trinajstić information content (AvgIpc) is 2.35. The van der Waals surface area contributed by atoms with Crippen molar-refractivity contribution >= 4 is 15.9 Å². The molecule has 1 fully saturated rings. The van der Waals surface area contributed by atoms with Gasteiger partial charge < -0.3 is 5.32 Å². The lowest BCUT2D eigenvalue weighted by Gasteiger charge is -2.37. The van der Waals surface area contributed by atoms with E-state index >= 15 is 0 Å². The van der Waals surface area contributed by atoms with Crippen LogP contribution in [0, 0.1) is 23.7 Å². The molecule has 108 valence electrons. The molecule has 1 aliphatic carbocycles. The Morgan fingerprint density at radius 3 is 2.65 bits per heavy atom. The first-order valence-electron chi connectivity index (χ1n) is 7.27. The topological polar surface area (TPSA) is 35.8 Å². The maximum atomic E-state index is 9.27. The quantitative estimate of drug-likeness (QED) is 0.870. The van der Waals surface area contributed by atoms with E-state index in [4.69, 9.17) is 0 Å². The van der Waals surface area contributed by atoms with Crippen molar-refractivity contribution in [1.82, 2.24) is 5.32 Å². The Morgan fingerprint density at radius 1 is 1.40 bits per heavy atom. The molecule has 0 aliphatic heterocycles. The molecule has 2 rings (SSSR count). The Kier molecular flexibility index (Phi) is 4.56. The van der Waals surface area contributed by atoms with Crippen LogP contribution in [0.5, 0.6) is 0 Å². The van der Waals surface area contributed by atoms with Crippen LogP contribution in [-0.2, 0) is 5.41 Å². The number of nitriles is 1. The minimum absolute atomic E-state index is 0.0637. The average molecular weight is 335 g/mol. The van der Waals surface area contributed by atoms with E-state index in [1.54, 1.807) is 0 Å². The van der Waals surface area contributed by atoms with Gasteiger partial charge in [-0.2, -0.15) is 5.26 Å². The third-order valence-electron chi connectivity index (χ3n) is 4.51. The van der Waals surface area contributed by atoms with Gasteiger partial charge in [0.1, 0.15) is 0 Å². The highest BCUT2D eigenvalue weighted by Crippen LogP contribution is 2.39. The molecule has 20 heavy (non-hydrogen) atoms. The lowest BCUT2D eigenvalue weighted by atomic mass is 9.70. The minimum Gasteiger partial charge on any atom is -0.314 e. The Hall–Kier alpha value is -0.850. The van der Waals surface area contributed by atoms with Crippen LogP contribution in [0.25, 0.3) is 0 Å². The number of rotatable bonds is 5. The molecule has 3 heteroatoms. The van der Waals surface area contributed by atoms with Crippen LogP contribution in [0.3, 0.4) is 0 Å². The van der Waals surface area contributed by atoms with Crippen molar-refractivity contribution in [2.45, 2.75) is 45.4 Å². The Labute approximate surface area is 130 Å². The molecular weight excluding hydrogens is 312 g/mol. The smallest absolute Gasteiger partial charge is 0.0703 e. The van der Waals surface area contributed by atoms with Crippen molar-refractivity contribution in [3.05, 3.63) is 33.8 Å². The normalized spacial score (nSPS) is 17.4. The molecule has 1 aromatic carbocycles. The van der Waals surface area contributed by atoms with Gasteiger partial charge in [0.15, 0.2) is 0 Å². The molecule has 0 amide bonds. The second-order valence-electron chi connectivity index (χ2n) is 6.69. The molecule has 1 aliphatic rings. The molecule has 1 saturated carbocycles. The summed E-state index contributed by atoms with van der Waals surface area (Å²) in [5.41, 5.74) is 2.65. The Morgan fingerprint density at radius 2 is 2.10 bits per heavy atom. The lowest BCUT2D eigenvalue weighted by Crippen LogP contribution is -2.43. The first-order valence-corrected chi connectivity index (χ1v) is 8.06. The van der Waals surface area contributed by atoms with Gasteiger partial charge in [-0.3, -0.25) is 0 Å². The van der Waals surface area contributed by atoms with Crippen LogP contribution in [0.4, 0.5) is 0 Å². The van der Waals surface area contributed by atoms with Crippen LogP contribution in [0.15, 0.2) is 22.7 Å². The maximum absolute atomic E-state index is 9.27. The summed E-state index contributed by atoms with van der Waals surface area (Å²) >= 11 is 3.56. The summed E-state index contributed by atoms with van der Waals surface area (Å²) in [6, 6.07) is 8.94. The number of nitrogens with zero attached hydrogens (tertiary/aromatic N) is 1. The van der Waals surface area contributed by atoms with E-state index in [0.717, 1.165) is 30.4 Å². The molecule has 0 heterocycles. The zero-order chi connectivity index (χ0) is 14.8. The van der Waals surface area contributed by atoms with Gasteiger partial charge in [0.05, 0.1) is 11.5 Å². The number of hydrogen-bond donors (Lipinski definition) is 1. The van der Waals surface area contributed by atoms with Gasteiger partial charge in [-0.25, -0.2) is 0 Å². The molecule has 2 nitrogen and oxygen atoms in total. The van der Waals surface area contributed by atoms with Crippen LogP contribution in [-0.4, -0.2) is 13.1 Å². The molecule has 0 radical (unpaired) electrons. The molecule has 1 aromatic rings. The molecule has 0 aromatic heterocycles. The van der Waals surface area contributed by atoms with Gasteiger partial charge in [0.2, 0.25) is 0 Å². The maximum Gasteiger partial charge on any atom is 0.0703 e. The van der Waals surface area contributed by atoms with Crippen LogP contribution in [0.1, 0.15) is 44.2 Å². The largest absolute Gasteiger partial charge is 0.314 e. The van der Waals surface area contributed by atoms with Crippen LogP contribution >= 0.6 is 15.9 Å². The number of nitrogens with one attached hydrogen (secondary N) is 1. The summed E-state index contributed by atoms with van der Waals surface area (Å²) in [4.78, 5) is 0. The van der Waals surface area contributed by atoms with Crippen molar-refractivity contribution < 1.29 is 0 Å². The zero-order valence-corrected chi connectivity index (χ0v) is 14.2. The van der Waals surface area contributed by atoms with E-state index in [2.05, 4.69) is 66.3 Å². The van der Waals surface area contributed by atoms with Gasteiger partial charge in [0.25, 0.3) is 0 Å². The minimum atomic E-state index is -0.0948. The fraction of sp³-hybridized carbons (Fsp3) is 0.588. The molecule has 0 bridgehead atoms. The van der Waals surface area contributed by atoms with E-state index in [-0.39, 0.29) is 10.8 Å². The van der Waals surface area contributed by atoms with Gasteiger partial charge in [-0.05, 0) is 43.0 Å². The molecule has 0 atom stereocenters. The van der Waals surface area contributed by atoms with E-state index in [0.29, 0.717) is 0 Å². The Bertz CT molecular complexity index is 524. The molecular formula is C17H23BrN2. The molecule has 0 unspecified atom stereocenters. The van der Waals surface area contributed by atoms with E-state index < -0.39 is 0 Å². The van der Waals surface area contributed by atoms with Gasteiger partial charge in [-0.1, -0.05) is 42.3 Å². The molecule has 0 spiro atoms. The summed E-state index contributed by atoms with van der Waals surface area (Å²) in [5, 5.41) is 12.8. The van der Waals surface area contributed by atoms with Gasteiger partial charge in [-0.15, -0.1) is 0 Å². The van der Waals surface area contributed by atoms with Gasteiger partial charge >= 0.3 is 0 Å². The fourth-order valence-corrected chi connectivity index (χ4v) is 3.33. The summed E-state index contributed by atoms with van der Waals surface area (Å²) in [6.07, 6.45) is 3.29. The highest BCUT2D eigenvalue weighted by molar-refractivity contribution is 9.10. The highest BCUT2D eigenvalue weighted by atomic mass is 79.9. The van der Waals surface area contributed by atoms with Crippen molar-refractivity contribution in [3.63, 3.8) is 0 Å². The first kappa shape index (κ1) is 15.5. The lowest BCUT2D eigenvalue weighted by molar-refractivity contribution is 0.203. The monoisotopic (exact) mass is 334 g/mol. The molecule has 0 saturated heterocycles. The standard InChI is InChI=1S/C17H23BrN2/c1-13-5-6-14(18)9-15(13)16(2,3)11-20-12-17(10-19)7-4-8-17/h5-6,9,20H,4,7-8,11-12H2,1-3H3. The van der Waals surface area contributed by atoms with Gasteiger partial charge in [0, 0.05) is 23.0 Å². The predicted octanol–water partition coefficient (Wildman–Crippen LogP) is 4.32. The summed E-state index contributed by atoms with van der Waals surface area (Å²) in [6.45, 7) is 8.39. The predicted molar refractivity (Wildman–Crippen MR) is 86.7 cm³/mol. The second-order valence-corrected chi connectivity index (χ2v) is 7.61. The third-order valence-corrected chi connectivity index (χ3v) is 5.00. The van der Waals surface area contributed by atoms with E-state index in [9.17, 15) is 5.26 Å². The third kappa shape index (κ3) is 3.24. The summed E-state index contributed by atoms with van der Waals surface area (Å²) in [5.74, 6) is 0. The number of hydrogen-bond acceptors (Lipinski definition) is 2. The van der Waals surface area contributed by atoms with Crippen molar-refractivity contribution in [1.29, 1.82) is 5.26 Å². The van der Waals surface area contributed by atoms with E-state index in [1.807, 2.05) is 0 Å². The SMILES string of the molecule is Cc1ccc(Br)cc1C(C)(C)CNCC1(C#N)CCC1. The van der Waals surface area contributed by atoms with Crippen LogP contribution in [0.2, 0.25) is 0 Å². The zero-order valence-electron chi connectivity index (χ0n) is 12.6.